The zero-order valence-electron chi connectivity index (χ0n) is 16.4. The van der Waals surface area contributed by atoms with Crippen LogP contribution in [0.3, 0.4) is 0 Å². The molecule has 1 N–H and O–H groups in total. The molecule has 1 fully saturated rings. The van der Waals surface area contributed by atoms with Crippen molar-refractivity contribution in [2.75, 3.05) is 13.1 Å². The molecule has 0 saturated carbocycles. The number of aryl methyl sites for hydroxylation is 1. The van der Waals surface area contributed by atoms with Crippen LogP contribution in [0.1, 0.15) is 42.9 Å². The predicted octanol–water partition coefficient (Wildman–Crippen LogP) is 4.06. The van der Waals surface area contributed by atoms with E-state index >= 15 is 0 Å². The fourth-order valence-electron chi connectivity index (χ4n) is 3.49. The van der Waals surface area contributed by atoms with Gasteiger partial charge >= 0.3 is 0 Å². The fourth-order valence-corrected chi connectivity index (χ4v) is 3.49. The number of piperidine rings is 1. The average molecular weight is 367 g/mol. The van der Waals surface area contributed by atoms with Gasteiger partial charge in [-0.25, -0.2) is 0 Å². The summed E-state index contributed by atoms with van der Waals surface area (Å²) in [6, 6.07) is 16.3. The predicted molar refractivity (Wildman–Crippen MR) is 109 cm³/mol. The van der Waals surface area contributed by atoms with Crippen LogP contribution in [0, 0.1) is 6.92 Å². The van der Waals surface area contributed by atoms with E-state index in [0.717, 1.165) is 23.4 Å². The van der Waals surface area contributed by atoms with Crippen LogP contribution in [-0.2, 0) is 17.9 Å². The average Bonchev–Trinajstić information content (AvgIpc) is 2.67. The molecule has 1 heterocycles. The van der Waals surface area contributed by atoms with Crippen molar-refractivity contribution < 1.29 is 9.53 Å². The van der Waals surface area contributed by atoms with Crippen molar-refractivity contribution in [3.8, 4) is 5.75 Å². The summed E-state index contributed by atoms with van der Waals surface area (Å²) in [5, 5.41) is 2.99. The van der Waals surface area contributed by atoms with E-state index in [0.29, 0.717) is 6.54 Å². The van der Waals surface area contributed by atoms with E-state index in [-0.39, 0.29) is 5.91 Å². The van der Waals surface area contributed by atoms with Crippen LogP contribution in [0.4, 0.5) is 0 Å². The largest absolute Gasteiger partial charge is 0.481 e. The molecule has 3 rings (SSSR count). The number of rotatable bonds is 7. The van der Waals surface area contributed by atoms with Crippen LogP contribution in [0.25, 0.3) is 0 Å². The fraction of sp³-hybridized carbons (Fsp3) is 0.435. The van der Waals surface area contributed by atoms with Gasteiger partial charge in [0.05, 0.1) is 0 Å². The number of nitrogens with one attached hydrogen (secondary N) is 1. The highest BCUT2D eigenvalue weighted by Gasteiger charge is 2.15. The summed E-state index contributed by atoms with van der Waals surface area (Å²) in [4.78, 5) is 14.9. The van der Waals surface area contributed by atoms with Gasteiger partial charge < -0.3 is 10.1 Å². The Morgan fingerprint density at radius 2 is 1.81 bits per heavy atom. The van der Waals surface area contributed by atoms with Gasteiger partial charge in [0.25, 0.3) is 5.91 Å². The number of hydrogen-bond acceptors (Lipinski definition) is 3. The van der Waals surface area contributed by atoms with Crippen LogP contribution < -0.4 is 10.1 Å². The molecule has 144 valence electrons. The first-order valence-electron chi connectivity index (χ1n) is 9.91. The normalized spacial score (nSPS) is 15.9. The highest BCUT2D eigenvalue weighted by molar-refractivity contribution is 5.80. The van der Waals surface area contributed by atoms with Crippen LogP contribution >= 0.6 is 0 Å². The van der Waals surface area contributed by atoms with Crippen molar-refractivity contribution in [2.24, 2.45) is 0 Å². The van der Waals surface area contributed by atoms with E-state index in [1.54, 1.807) is 6.92 Å². The number of likely N-dealkylation sites (tertiary alicyclic amines) is 1. The van der Waals surface area contributed by atoms with E-state index in [9.17, 15) is 4.79 Å². The van der Waals surface area contributed by atoms with Gasteiger partial charge in [0.15, 0.2) is 6.10 Å². The molecule has 1 saturated heterocycles. The van der Waals surface area contributed by atoms with Crippen molar-refractivity contribution in [1.29, 1.82) is 0 Å². The summed E-state index contributed by atoms with van der Waals surface area (Å²) in [7, 11) is 0. The lowest BCUT2D eigenvalue weighted by atomic mass is 10.1. The van der Waals surface area contributed by atoms with Gasteiger partial charge in [-0.15, -0.1) is 0 Å². The summed E-state index contributed by atoms with van der Waals surface area (Å²) in [5.74, 6) is 0.624. The molecule has 2 aromatic rings. The molecule has 0 spiro atoms. The number of carbonyl (C=O) groups excluding carboxylic acids is 1. The molecule has 4 nitrogen and oxygen atoms in total. The number of hydrogen-bond donors (Lipinski definition) is 1. The van der Waals surface area contributed by atoms with Gasteiger partial charge in [-0.2, -0.15) is 0 Å². The number of amides is 1. The lowest BCUT2D eigenvalue weighted by Gasteiger charge is -2.26. The van der Waals surface area contributed by atoms with E-state index in [4.69, 9.17) is 4.74 Å². The Labute approximate surface area is 162 Å². The summed E-state index contributed by atoms with van der Waals surface area (Å²) in [6.07, 6.45) is 3.43. The number of benzene rings is 2. The summed E-state index contributed by atoms with van der Waals surface area (Å²) >= 11 is 0. The SMILES string of the molecule is Cc1cccc(O[C@@H](C)C(=O)NCc2cccc(CN3CCCCC3)c2)c1. The number of nitrogens with zero attached hydrogens (tertiary/aromatic N) is 1. The zero-order valence-corrected chi connectivity index (χ0v) is 16.4. The van der Waals surface area contributed by atoms with Gasteiger partial charge in [0.2, 0.25) is 0 Å². The van der Waals surface area contributed by atoms with Crippen molar-refractivity contribution >= 4 is 5.91 Å². The second-order valence-electron chi connectivity index (χ2n) is 7.45. The monoisotopic (exact) mass is 366 g/mol. The summed E-state index contributed by atoms with van der Waals surface area (Å²) < 4.78 is 5.75. The Morgan fingerprint density at radius 3 is 2.59 bits per heavy atom. The molecule has 1 aliphatic rings. The topological polar surface area (TPSA) is 41.6 Å². The smallest absolute Gasteiger partial charge is 0.261 e. The third-order valence-electron chi connectivity index (χ3n) is 4.98. The minimum atomic E-state index is -0.525. The molecule has 27 heavy (non-hydrogen) atoms. The van der Waals surface area contributed by atoms with Crippen molar-refractivity contribution in [3.05, 3.63) is 65.2 Å². The quantitative estimate of drug-likeness (QED) is 0.803. The Morgan fingerprint density at radius 1 is 1.07 bits per heavy atom. The summed E-state index contributed by atoms with van der Waals surface area (Å²) in [6.45, 7) is 7.69. The Bertz CT molecular complexity index is 754. The van der Waals surface area contributed by atoms with Gasteiger partial charge in [-0.1, -0.05) is 42.8 Å². The first-order valence-corrected chi connectivity index (χ1v) is 9.91. The minimum Gasteiger partial charge on any atom is -0.481 e. The third-order valence-corrected chi connectivity index (χ3v) is 4.98. The third kappa shape index (κ3) is 6.10. The molecule has 1 atom stereocenters. The van der Waals surface area contributed by atoms with E-state index in [1.165, 1.54) is 37.9 Å². The van der Waals surface area contributed by atoms with Gasteiger partial charge in [0, 0.05) is 13.1 Å². The maximum absolute atomic E-state index is 12.4. The van der Waals surface area contributed by atoms with Crippen LogP contribution in [-0.4, -0.2) is 30.0 Å². The maximum Gasteiger partial charge on any atom is 0.261 e. The lowest BCUT2D eigenvalue weighted by molar-refractivity contribution is -0.127. The highest BCUT2D eigenvalue weighted by atomic mass is 16.5. The lowest BCUT2D eigenvalue weighted by Crippen LogP contribution is -2.36. The molecular weight excluding hydrogens is 336 g/mol. The maximum atomic E-state index is 12.4. The molecule has 0 unspecified atom stereocenters. The van der Waals surface area contributed by atoms with Gasteiger partial charge in [-0.3, -0.25) is 9.69 Å². The first kappa shape index (κ1) is 19.4. The van der Waals surface area contributed by atoms with E-state index in [1.807, 2.05) is 31.2 Å². The Hall–Kier alpha value is -2.33. The second-order valence-corrected chi connectivity index (χ2v) is 7.45. The molecule has 0 aliphatic carbocycles. The van der Waals surface area contributed by atoms with Crippen molar-refractivity contribution in [2.45, 2.75) is 52.3 Å². The van der Waals surface area contributed by atoms with Crippen LogP contribution in [0.15, 0.2) is 48.5 Å². The molecule has 1 amide bonds. The van der Waals surface area contributed by atoms with Crippen LogP contribution in [0.5, 0.6) is 5.75 Å². The van der Waals surface area contributed by atoms with Gasteiger partial charge in [0.1, 0.15) is 5.75 Å². The highest BCUT2D eigenvalue weighted by Crippen LogP contribution is 2.15. The standard InChI is InChI=1S/C23H30N2O2/c1-18-8-6-11-22(14-18)27-19(2)23(26)24-16-20-9-7-10-21(15-20)17-25-12-4-3-5-13-25/h6-11,14-15,19H,3-5,12-13,16-17H2,1-2H3,(H,24,26)/t19-/m0/s1. The molecule has 0 aromatic heterocycles. The molecular formula is C23H30N2O2. The number of carbonyl (C=O) groups is 1. The molecule has 2 aromatic carbocycles. The van der Waals surface area contributed by atoms with Crippen molar-refractivity contribution in [3.63, 3.8) is 0 Å². The zero-order chi connectivity index (χ0) is 19.1. The minimum absolute atomic E-state index is 0.0991. The van der Waals surface area contributed by atoms with Crippen molar-refractivity contribution in [1.82, 2.24) is 10.2 Å². The molecule has 1 aliphatic heterocycles. The number of ether oxygens (including phenoxy) is 1. The first-order chi connectivity index (χ1) is 13.1. The van der Waals surface area contributed by atoms with E-state index in [2.05, 4.69) is 34.5 Å². The Kier molecular flexibility index (Phi) is 6.88. The Balaban J connectivity index is 1.49. The van der Waals surface area contributed by atoms with Gasteiger partial charge in [-0.05, 0) is 68.6 Å². The molecule has 0 radical (unpaired) electrons. The molecule has 4 heteroatoms. The second kappa shape index (κ2) is 9.56. The van der Waals surface area contributed by atoms with Crippen LogP contribution in [0.2, 0.25) is 0 Å². The van der Waals surface area contributed by atoms with E-state index < -0.39 is 6.10 Å². The summed E-state index contributed by atoms with van der Waals surface area (Å²) in [5.41, 5.74) is 3.55. The molecule has 0 bridgehead atoms.